The highest BCUT2D eigenvalue weighted by Crippen LogP contribution is 2.35. The average Bonchev–Trinajstić information content (AvgIpc) is 2.89. The molecule has 1 aromatic rings. The van der Waals surface area contributed by atoms with Crippen molar-refractivity contribution in [2.75, 3.05) is 22.2 Å². The summed E-state index contributed by atoms with van der Waals surface area (Å²) in [6.45, 7) is 1.50. The van der Waals surface area contributed by atoms with Crippen LogP contribution < -0.4 is 4.90 Å². The summed E-state index contributed by atoms with van der Waals surface area (Å²) in [6, 6.07) is 5.28. The lowest BCUT2D eigenvalue weighted by Gasteiger charge is -2.26. The van der Waals surface area contributed by atoms with Crippen molar-refractivity contribution in [1.82, 2.24) is 0 Å². The molecule has 0 bridgehead atoms. The minimum atomic E-state index is -3.11. The third kappa shape index (κ3) is 3.03. The van der Waals surface area contributed by atoms with Crippen molar-refractivity contribution >= 4 is 38.2 Å². The fourth-order valence-electron chi connectivity index (χ4n) is 2.70. The molecule has 0 aromatic heterocycles. The smallest absolute Gasteiger partial charge is 0.164 e. The Bertz CT molecular complexity index is 731. The molecule has 8 heteroatoms. The van der Waals surface area contributed by atoms with Crippen LogP contribution in [-0.2, 0) is 14.6 Å². The van der Waals surface area contributed by atoms with Crippen LogP contribution in [0.2, 0.25) is 0 Å². The van der Waals surface area contributed by atoms with E-state index < -0.39 is 9.84 Å². The summed E-state index contributed by atoms with van der Waals surface area (Å²) in [5.74, 6) is 0.00934. The third-order valence-electron chi connectivity index (χ3n) is 3.62. The van der Waals surface area contributed by atoms with E-state index >= 15 is 0 Å². The molecule has 118 valence electrons. The van der Waals surface area contributed by atoms with Crippen molar-refractivity contribution in [2.24, 2.45) is 4.99 Å². The van der Waals surface area contributed by atoms with E-state index in [0.717, 1.165) is 0 Å². The Labute approximate surface area is 132 Å². The molecule has 0 aliphatic carbocycles. The van der Waals surface area contributed by atoms with Gasteiger partial charge in [0.1, 0.15) is 11.6 Å². The second-order valence-electron chi connectivity index (χ2n) is 5.46. The van der Waals surface area contributed by atoms with E-state index in [0.29, 0.717) is 10.9 Å². The highest BCUT2D eigenvalue weighted by Gasteiger charge is 2.47. The molecule has 2 aliphatic heterocycles. The number of hydrogen-bond donors (Lipinski definition) is 0. The van der Waals surface area contributed by atoms with Gasteiger partial charge in [-0.3, -0.25) is 9.79 Å². The first-order chi connectivity index (χ1) is 10.4. The van der Waals surface area contributed by atoms with Gasteiger partial charge < -0.3 is 4.90 Å². The minimum absolute atomic E-state index is 0.0245. The number of carbonyl (C=O) groups is 1. The van der Waals surface area contributed by atoms with Gasteiger partial charge in [-0.05, 0) is 31.2 Å². The Morgan fingerprint density at radius 1 is 1.36 bits per heavy atom. The normalized spacial score (nSPS) is 25.9. The number of benzene rings is 1. The highest BCUT2D eigenvalue weighted by atomic mass is 32.2. The molecule has 22 heavy (non-hydrogen) atoms. The molecule has 1 fully saturated rings. The van der Waals surface area contributed by atoms with Crippen LogP contribution in [0.15, 0.2) is 29.3 Å². The third-order valence-corrected chi connectivity index (χ3v) is 6.43. The maximum atomic E-state index is 13.1. The average molecular weight is 342 g/mol. The largest absolute Gasteiger partial charge is 0.315 e. The molecule has 3 rings (SSSR count). The standard InChI is InChI=1S/C14H15FN2O3S2/c1-9(18)6-21-14-16-12-7-22(19,20)8-13(12)17(14)11-4-2-10(15)3-5-11/h2-5,12-13H,6-8H2,1H3/t12-,13+/m1/s1. The van der Waals surface area contributed by atoms with Crippen LogP contribution in [0.25, 0.3) is 0 Å². The summed E-state index contributed by atoms with van der Waals surface area (Å²) in [6.07, 6.45) is 0. The summed E-state index contributed by atoms with van der Waals surface area (Å²) >= 11 is 1.29. The monoisotopic (exact) mass is 342 g/mol. The van der Waals surface area contributed by atoms with Crippen LogP contribution in [0, 0.1) is 5.82 Å². The first-order valence-corrected chi connectivity index (χ1v) is 9.62. The lowest BCUT2D eigenvalue weighted by molar-refractivity contribution is -0.114. The van der Waals surface area contributed by atoms with Crippen LogP contribution in [0.3, 0.4) is 0 Å². The van der Waals surface area contributed by atoms with E-state index in [2.05, 4.69) is 4.99 Å². The van der Waals surface area contributed by atoms with Gasteiger partial charge in [0, 0.05) is 5.69 Å². The van der Waals surface area contributed by atoms with Crippen molar-refractivity contribution in [2.45, 2.75) is 19.0 Å². The van der Waals surface area contributed by atoms with Crippen LogP contribution in [0.4, 0.5) is 10.1 Å². The topological polar surface area (TPSA) is 66.8 Å². The number of aliphatic imine (C=N–C) groups is 1. The molecule has 0 amide bonds. The van der Waals surface area contributed by atoms with Crippen molar-refractivity contribution in [1.29, 1.82) is 0 Å². The maximum Gasteiger partial charge on any atom is 0.164 e. The van der Waals surface area contributed by atoms with Crippen molar-refractivity contribution in [3.63, 3.8) is 0 Å². The zero-order valence-corrected chi connectivity index (χ0v) is 13.5. The highest BCUT2D eigenvalue weighted by molar-refractivity contribution is 8.14. The maximum absolute atomic E-state index is 13.1. The Hall–Kier alpha value is -1.41. The summed E-state index contributed by atoms with van der Waals surface area (Å²) in [7, 11) is -3.11. The van der Waals surface area contributed by atoms with E-state index in [1.165, 1.54) is 30.8 Å². The van der Waals surface area contributed by atoms with Gasteiger partial charge in [-0.2, -0.15) is 0 Å². The van der Waals surface area contributed by atoms with Crippen molar-refractivity contribution < 1.29 is 17.6 Å². The van der Waals surface area contributed by atoms with Gasteiger partial charge in [-0.15, -0.1) is 0 Å². The van der Waals surface area contributed by atoms with Gasteiger partial charge in [-0.25, -0.2) is 12.8 Å². The minimum Gasteiger partial charge on any atom is -0.315 e. The molecule has 0 spiro atoms. The molecule has 0 N–H and O–H groups in total. The van der Waals surface area contributed by atoms with Crippen LogP contribution in [0.5, 0.6) is 0 Å². The number of anilines is 1. The fourth-order valence-corrected chi connectivity index (χ4v) is 5.47. The lowest BCUT2D eigenvalue weighted by Crippen LogP contribution is -2.39. The molecule has 1 aromatic carbocycles. The molecule has 0 radical (unpaired) electrons. The van der Waals surface area contributed by atoms with Crippen LogP contribution >= 0.6 is 11.8 Å². The molecule has 2 aliphatic rings. The summed E-state index contributed by atoms with van der Waals surface area (Å²) < 4.78 is 36.8. The van der Waals surface area contributed by atoms with Crippen molar-refractivity contribution in [3.05, 3.63) is 30.1 Å². The number of nitrogens with zero attached hydrogens (tertiary/aromatic N) is 2. The van der Waals surface area contributed by atoms with E-state index in [4.69, 9.17) is 0 Å². The van der Waals surface area contributed by atoms with E-state index in [9.17, 15) is 17.6 Å². The number of hydrogen-bond acceptors (Lipinski definition) is 6. The second kappa shape index (κ2) is 5.66. The summed E-state index contributed by atoms with van der Waals surface area (Å²) in [4.78, 5) is 17.5. The molecule has 0 saturated carbocycles. The number of Topliss-reactive ketones (excluding diaryl/α,β-unsaturated/α-hetero) is 1. The summed E-state index contributed by atoms with van der Waals surface area (Å²) in [5.41, 5.74) is 0.695. The van der Waals surface area contributed by atoms with E-state index in [1.807, 2.05) is 4.90 Å². The Morgan fingerprint density at radius 3 is 2.68 bits per heavy atom. The van der Waals surface area contributed by atoms with Gasteiger partial charge in [0.05, 0.1) is 29.3 Å². The number of rotatable bonds is 3. The first kappa shape index (κ1) is 15.5. The van der Waals surface area contributed by atoms with Crippen molar-refractivity contribution in [3.8, 4) is 0 Å². The molecular weight excluding hydrogens is 327 g/mol. The predicted molar refractivity (Wildman–Crippen MR) is 85.7 cm³/mol. The summed E-state index contributed by atoms with van der Waals surface area (Å²) in [5, 5.41) is 0.631. The Kier molecular flexibility index (Phi) is 3.98. The zero-order valence-electron chi connectivity index (χ0n) is 11.9. The fraction of sp³-hybridized carbons (Fsp3) is 0.429. The van der Waals surface area contributed by atoms with Gasteiger partial charge in [-0.1, -0.05) is 11.8 Å². The molecule has 2 heterocycles. The number of ketones is 1. The molecule has 5 nitrogen and oxygen atoms in total. The SMILES string of the molecule is CC(=O)CSC1=N[C@@H]2CS(=O)(=O)C[C@@H]2N1c1ccc(F)cc1. The van der Waals surface area contributed by atoms with Crippen LogP contribution in [-0.4, -0.2) is 48.7 Å². The Balaban J connectivity index is 1.93. The second-order valence-corrected chi connectivity index (χ2v) is 8.56. The molecular formula is C14H15FN2O3S2. The number of sulfone groups is 1. The molecule has 1 saturated heterocycles. The van der Waals surface area contributed by atoms with Gasteiger partial charge in [0.2, 0.25) is 0 Å². The van der Waals surface area contributed by atoms with Gasteiger partial charge >= 0.3 is 0 Å². The van der Waals surface area contributed by atoms with E-state index in [1.54, 1.807) is 12.1 Å². The number of carbonyl (C=O) groups excluding carboxylic acids is 1. The van der Waals surface area contributed by atoms with Gasteiger partial charge in [0.15, 0.2) is 15.0 Å². The zero-order chi connectivity index (χ0) is 15.9. The number of thioether (sulfide) groups is 1. The number of halogens is 1. The lowest BCUT2D eigenvalue weighted by atomic mass is 10.1. The van der Waals surface area contributed by atoms with Crippen LogP contribution in [0.1, 0.15) is 6.92 Å². The van der Waals surface area contributed by atoms with Gasteiger partial charge in [0.25, 0.3) is 0 Å². The van der Waals surface area contributed by atoms with E-state index in [-0.39, 0.29) is 40.9 Å². The number of fused-ring (bicyclic) bond motifs is 1. The molecule has 2 atom stereocenters. The predicted octanol–water partition coefficient (Wildman–Crippen LogP) is 1.49. The first-order valence-electron chi connectivity index (χ1n) is 6.81. The molecule has 0 unspecified atom stereocenters. The quantitative estimate of drug-likeness (QED) is 0.833. The number of amidine groups is 1. The Morgan fingerprint density at radius 2 is 2.05 bits per heavy atom.